The van der Waals surface area contributed by atoms with E-state index in [1.807, 2.05) is 0 Å². The number of hydrogen-bond donors (Lipinski definition) is 1. The maximum atomic E-state index is 12.8. The summed E-state index contributed by atoms with van der Waals surface area (Å²) in [7, 11) is 1.27. The van der Waals surface area contributed by atoms with E-state index in [-0.39, 0.29) is 15.4 Å². The van der Waals surface area contributed by atoms with E-state index in [9.17, 15) is 14.4 Å². The molecule has 0 spiro atoms. The lowest BCUT2D eigenvalue weighted by atomic mass is 10.2. The minimum absolute atomic E-state index is 0.0508. The highest BCUT2D eigenvalue weighted by molar-refractivity contribution is 8.27. The molecular weight excluding hydrogens is 390 g/mol. The van der Waals surface area contributed by atoms with Gasteiger partial charge in [0.2, 0.25) is 0 Å². The van der Waals surface area contributed by atoms with E-state index in [1.165, 1.54) is 36.3 Å². The van der Waals surface area contributed by atoms with E-state index >= 15 is 0 Å². The number of amides is 1. The molecular formula is C18H13NO6S2. The summed E-state index contributed by atoms with van der Waals surface area (Å²) in [6.45, 7) is 1.62. The van der Waals surface area contributed by atoms with Gasteiger partial charge in [0.25, 0.3) is 5.91 Å². The van der Waals surface area contributed by atoms with E-state index < -0.39 is 17.8 Å². The number of aryl methyl sites for hydroxylation is 1. The van der Waals surface area contributed by atoms with Gasteiger partial charge in [-0.15, -0.1) is 0 Å². The molecule has 1 N–H and O–H groups in total. The summed E-state index contributed by atoms with van der Waals surface area (Å²) in [4.78, 5) is 37.1. The van der Waals surface area contributed by atoms with Crippen LogP contribution < -0.4 is 4.90 Å². The van der Waals surface area contributed by atoms with Crippen molar-refractivity contribution < 1.29 is 28.6 Å². The van der Waals surface area contributed by atoms with E-state index in [0.29, 0.717) is 22.1 Å². The van der Waals surface area contributed by atoms with E-state index in [4.69, 9.17) is 21.7 Å². The van der Waals surface area contributed by atoms with Crippen LogP contribution in [0.5, 0.6) is 0 Å². The number of carboxylic acids is 1. The fourth-order valence-corrected chi connectivity index (χ4v) is 3.77. The number of rotatable bonds is 4. The molecule has 0 saturated carbocycles. The van der Waals surface area contributed by atoms with Crippen molar-refractivity contribution in [2.24, 2.45) is 0 Å². The number of carboxylic acid groups (broad SMARTS) is 1. The summed E-state index contributed by atoms with van der Waals surface area (Å²) in [5.41, 5.74) is 0.690. The van der Waals surface area contributed by atoms with E-state index in [1.54, 1.807) is 19.1 Å². The summed E-state index contributed by atoms with van der Waals surface area (Å²) in [6.07, 6.45) is 1.49. The van der Waals surface area contributed by atoms with Crippen molar-refractivity contribution in [3.05, 3.63) is 57.9 Å². The Hall–Kier alpha value is -2.91. The zero-order valence-electron chi connectivity index (χ0n) is 14.2. The monoisotopic (exact) mass is 403 g/mol. The number of esters is 1. The zero-order valence-corrected chi connectivity index (χ0v) is 15.8. The predicted molar refractivity (Wildman–Crippen MR) is 104 cm³/mol. The molecule has 138 valence electrons. The number of aromatic carboxylic acids is 1. The first kappa shape index (κ1) is 18.9. The van der Waals surface area contributed by atoms with Gasteiger partial charge in [0, 0.05) is 6.08 Å². The van der Waals surface area contributed by atoms with Crippen molar-refractivity contribution in [2.45, 2.75) is 6.92 Å². The lowest BCUT2D eigenvalue weighted by Gasteiger charge is -2.14. The SMILES string of the molecule is COC(=O)c1cc(/C=C2\SC(=S)N(c3cccc(C(=O)O)c3)C2=O)oc1C. The average molecular weight is 403 g/mol. The highest BCUT2D eigenvalue weighted by Crippen LogP contribution is 2.36. The number of hydrogen-bond acceptors (Lipinski definition) is 7. The van der Waals surface area contributed by atoms with Gasteiger partial charge in [0.05, 0.1) is 23.3 Å². The molecule has 0 unspecified atom stereocenters. The Kier molecular flexibility index (Phi) is 5.15. The summed E-state index contributed by atoms with van der Waals surface area (Å²) in [6, 6.07) is 7.44. The third-order valence-corrected chi connectivity index (χ3v) is 5.06. The summed E-state index contributed by atoms with van der Waals surface area (Å²) in [5, 5.41) is 9.12. The van der Waals surface area contributed by atoms with Gasteiger partial charge in [0.1, 0.15) is 17.1 Å². The van der Waals surface area contributed by atoms with Gasteiger partial charge < -0.3 is 14.3 Å². The Balaban J connectivity index is 1.92. The fourth-order valence-electron chi connectivity index (χ4n) is 2.49. The third kappa shape index (κ3) is 3.64. The summed E-state index contributed by atoms with van der Waals surface area (Å²) in [5.74, 6) is -1.35. The first-order chi connectivity index (χ1) is 12.8. The maximum Gasteiger partial charge on any atom is 0.341 e. The Morgan fingerprint density at radius 2 is 2.07 bits per heavy atom. The predicted octanol–water partition coefficient (Wildman–Crippen LogP) is 3.48. The minimum Gasteiger partial charge on any atom is -0.478 e. The first-order valence-electron chi connectivity index (χ1n) is 7.62. The van der Waals surface area contributed by atoms with Crippen molar-refractivity contribution in [1.29, 1.82) is 0 Å². The first-order valence-corrected chi connectivity index (χ1v) is 8.84. The number of thiocarbonyl (C=S) groups is 1. The second-order valence-corrected chi connectivity index (χ2v) is 7.16. The van der Waals surface area contributed by atoms with Gasteiger partial charge in [-0.3, -0.25) is 9.69 Å². The van der Waals surface area contributed by atoms with Gasteiger partial charge >= 0.3 is 11.9 Å². The molecule has 9 heteroatoms. The quantitative estimate of drug-likeness (QED) is 0.471. The number of thioether (sulfide) groups is 1. The Morgan fingerprint density at radius 3 is 2.74 bits per heavy atom. The van der Waals surface area contributed by atoms with Gasteiger partial charge in [-0.1, -0.05) is 30.0 Å². The van der Waals surface area contributed by atoms with Gasteiger partial charge in [-0.2, -0.15) is 0 Å². The van der Waals surface area contributed by atoms with Crippen LogP contribution in [-0.2, 0) is 9.53 Å². The van der Waals surface area contributed by atoms with E-state index in [0.717, 1.165) is 11.8 Å². The highest BCUT2D eigenvalue weighted by Gasteiger charge is 2.34. The Morgan fingerprint density at radius 1 is 1.33 bits per heavy atom. The number of carbonyl (C=O) groups excluding carboxylic acids is 2. The van der Waals surface area contributed by atoms with Crippen LogP contribution in [0.2, 0.25) is 0 Å². The lowest BCUT2D eigenvalue weighted by Crippen LogP contribution is -2.27. The number of anilines is 1. The van der Waals surface area contributed by atoms with Crippen LogP contribution in [0.1, 0.15) is 32.2 Å². The van der Waals surface area contributed by atoms with Crippen molar-refractivity contribution in [3.63, 3.8) is 0 Å². The van der Waals surface area contributed by atoms with Crippen LogP contribution in [0, 0.1) is 6.92 Å². The molecule has 2 heterocycles. The smallest absolute Gasteiger partial charge is 0.341 e. The maximum absolute atomic E-state index is 12.8. The van der Waals surface area contributed by atoms with Crippen molar-refractivity contribution in [2.75, 3.05) is 12.0 Å². The molecule has 1 aliphatic heterocycles. The molecule has 0 atom stereocenters. The molecule has 2 aromatic rings. The molecule has 0 radical (unpaired) electrons. The van der Waals surface area contributed by atoms with Crippen LogP contribution in [0.4, 0.5) is 5.69 Å². The molecule has 3 rings (SSSR count). The molecule has 0 bridgehead atoms. The number of ether oxygens (including phenoxy) is 1. The number of methoxy groups -OCH3 is 1. The summed E-state index contributed by atoms with van der Waals surface area (Å²) < 4.78 is 10.4. The second-order valence-electron chi connectivity index (χ2n) is 5.48. The molecule has 1 aliphatic rings. The molecule has 1 amide bonds. The van der Waals surface area contributed by atoms with Crippen LogP contribution >= 0.6 is 24.0 Å². The molecule has 1 saturated heterocycles. The van der Waals surface area contributed by atoms with Crippen LogP contribution in [-0.4, -0.2) is 34.4 Å². The number of benzene rings is 1. The van der Waals surface area contributed by atoms with Crippen molar-refractivity contribution >= 4 is 57.9 Å². The molecule has 1 aromatic carbocycles. The van der Waals surface area contributed by atoms with Gasteiger partial charge in [-0.25, -0.2) is 9.59 Å². The average Bonchev–Trinajstić information content (AvgIpc) is 3.13. The van der Waals surface area contributed by atoms with Gasteiger partial charge in [-0.05, 0) is 31.2 Å². The normalized spacial score (nSPS) is 15.5. The number of furan rings is 1. The largest absolute Gasteiger partial charge is 0.478 e. The molecule has 0 aliphatic carbocycles. The minimum atomic E-state index is -1.10. The number of carbonyl (C=O) groups is 3. The standard InChI is InChI=1S/C18H13NO6S2/c1-9-13(17(23)24-2)7-12(25-9)8-14-15(20)19(18(26)27-14)11-5-3-4-10(6-11)16(21)22/h3-8H,1-2H3,(H,21,22)/b14-8-. The Bertz CT molecular complexity index is 1010. The number of nitrogens with zero attached hydrogens (tertiary/aromatic N) is 1. The topological polar surface area (TPSA) is 97.0 Å². The van der Waals surface area contributed by atoms with Crippen molar-refractivity contribution in [3.8, 4) is 0 Å². The highest BCUT2D eigenvalue weighted by atomic mass is 32.2. The fraction of sp³-hybridized carbons (Fsp3) is 0.111. The van der Waals surface area contributed by atoms with Crippen LogP contribution in [0.3, 0.4) is 0 Å². The third-order valence-electron chi connectivity index (χ3n) is 3.76. The van der Waals surface area contributed by atoms with Crippen molar-refractivity contribution in [1.82, 2.24) is 0 Å². The second kappa shape index (κ2) is 7.37. The Labute approximate surface area is 163 Å². The van der Waals surface area contributed by atoms with Gasteiger partial charge in [0.15, 0.2) is 4.32 Å². The van der Waals surface area contributed by atoms with Crippen LogP contribution in [0.25, 0.3) is 6.08 Å². The molecule has 1 fully saturated rings. The molecule has 7 nitrogen and oxygen atoms in total. The lowest BCUT2D eigenvalue weighted by molar-refractivity contribution is -0.113. The zero-order chi connectivity index (χ0) is 19.7. The van der Waals surface area contributed by atoms with E-state index in [2.05, 4.69) is 4.74 Å². The molecule has 1 aromatic heterocycles. The summed E-state index contributed by atoms with van der Waals surface area (Å²) >= 11 is 6.33. The molecule has 27 heavy (non-hydrogen) atoms. The van der Waals surface area contributed by atoms with Crippen LogP contribution in [0.15, 0.2) is 39.7 Å².